The van der Waals surface area contributed by atoms with Gasteiger partial charge in [0.15, 0.2) is 6.10 Å². The Hall–Kier alpha value is -3.32. The molecule has 0 aliphatic carbocycles. The molecule has 7 heteroatoms. The maximum atomic E-state index is 12.8. The summed E-state index contributed by atoms with van der Waals surface area (Å²) >= 11 is 0. The summed E-state index contributed by atoms with van der Waals surface area (Å²) in [6.07, 6.45) is -0.727. The average molecular weight is 481 g/mol. The molecule has 1 atom stereocenters. The predicted molar refractivity (Wildman–Crippen MR) is 137 cm³/mol. The third-order valence-electron chi connectivity index (χ3n) is 5.47. The van der Waals surface area contributed by atoms with Gasteiger partial charge in [0.2, 0.25) is 0 Å². The molecule has 3 aromatic carbocycles. The number of ether oxygens (including phenoxy) is 1. The zero-order chi connectivity index (χ0) is 25.1. The number of hydrogen-bond acceptors (Lipinski definition) is 4. The van der Waals surface area contributed by atoms with E-state index in [0.29, 0.717) is 17.1 Å². The number of hydrogen-bond donors (Lipinski definition) is 2. The van der Waals surface area contributed by atoms with Gasteiger partial charge in [0.25, 0.3) is 15.9 Å². The Morgan fingerprint density at radius 3 is 2.12 bits per heavy atom. The van der Waals surface area contributed by atoms with E-state index in [4.69, 9.17) is 4.74 Å². The molecule has 0 saturated heterocycles. The van der Waals surface area contributed by atoms with Gasteiger partial charge in [0.1, 0.15) is 5.75 Å². The van der Waals surface area contributed by atoms with Crippen molar-refractivity contribution in [3.05, 3.63) is 83.4 Å². The highest BCUT2D eigenvalue weighted by Gasteiger charge is 2.18. The van der Waals surface area contributed by atoms with E-state index in [1.165, 1.54) is 17.7 Å². The molecule has 0 spiro atoms. The fourth-order valence-electron chi connectivity index (χ4n) is 3.30. The minimum atomic E-state index is -3.76. The summed E-state index contributed by atoms with van der Waals surface area (Å²) in [5, 5.41) is 2.76. The van der Waals surface area contributed by atoms with E-state index >= 15 is 0 Å². The summed E-state index contributed by atoms with van der Waals surface area (Å²) < 4.78 is 33.9. The molecular weight excluding hydrogens is 448 g/mol. The van der Waals surface area contributed by atoms with Gasteiger partial charge in [-0.2, -0.15) is 0 Å². The first-order chi connectivity index (χ1) is 15.8. The number of nitrogens with one attached hydrogen (secondary N) is 2. The molecule has 0 aliphatic rings. The molecule has 0 saturated carbocycles. The summed E-state index contributed by atoms with van der Waals surface area (Å²) in [7, 11) is -3.76. The topological polar surface area (TPSA) is 84.5 Å². The van der Waals surface area contributed by atoms with Crippen molar-refractivity contribution in [1.82, 2.24) is 0 Å². The van der Waals surface area contributed by atoms with Crippen LogP contribution in [0.1, 0.15) is 44.4 Å². The fraction of sp³-hybridized carbons (Fsp3) is 0.296. The van der Waals surface area contributed by atoms with E-state index in [-0.39, 0.29) is 16.2 Å². The Morgan fingerprint density at radius 2 is 1.53 bits per heavy atom. The second kappa shape index (κ2) is 9.89. The van der Waals surface area contributed by atoms with E-state index < -0.39 is 16.1 Å². The predicted octanol–water partition coefficient (Wildman–Crippen LogP) is 5.81. The quantitative estimate of drug-likeness (QED) is 0.447. The highest BCUT2D eigenvalue weighted by Crippen LogP contribution is 2.25. The number of carbonyl (C=O) groups is 1. The summed E-state index contributed by atoms with van der Waals surface area (Å²) in [4.78, 5) is 12.7. The van der Waals surface area contributed by atoms with Gasteiger partial charge in [-0.05, 0) is 85.3 Å². The lowest BCUT2D eigenvalue weighted by Gasteiger charge is -2.20. The number of amides is 1. The molecule has 6 nitrogen and oxygen atoms in total. The van der Waals surface area contributed by atoms with E-state index in [0.717, 1.165) is 11.1 Å². The maximum absolute atomic E-state index is 12.8. The van der Waals surface area contributed by atoms with E-state index in [2.05, 4.69) is 30.8 Å². The van der Waals surface area contributed by atoms with Crippen molar-refractivity contribution in [2.24, 2.45) is 0 Å². The van der Waals surface area contributed by atoms with Crippen LogP contribution in [0.3, 0.4) is 0 Å². The number of aryl methyl sites for hydroxylation is 2. The van der Waals surface area contributed by atoms with Crippen LogP contribution in [0.25, 0.3) is 0 Å². The Balaban J connectivity index is 1.63. The Morgan fingerprint density at radius 1 is 0.912 bits per heavy atom. The highest BCUT2D eigenvalue weighted by molar-refractivity contribution is 7.92. The molecule has 0 bridgehead atoms. The van der Waals surface area contributed by atoms with E-state index in [9.17, 15) is 13.2 Å². The lowest BCUT2D eigenvalue weighted by Crippen LogP contribution is -2.30. The molecule has 1 amide bonds. The minimum Gasteiger partial charge on any atom is -0.481 e. The second-order valence-electron chi connectivity index (χ2n) is 9.47. The van der Waals surface area contributed by atoms with Gasteiger partial charge in [0, 0.05) is 5.69 Å². The Labute approximate surface area is 202 Å². The summed E-state index contributed by atoms with van der Waals surface area (Å²) in [6.45, 7) is 11.8. The number of anilines is 2. The van der Waals surface area contributed by atoms with Crippen LogP contribution in [0, 0.1) is 13.8 Å². The molecule has 0 radical (unpaired) electrons. The van der Waals surface area contributed by atoms with Gasteiger partial charge in [-0.3, -0.25) is 9.52 Å². The lowest BCUT2D eigenvalue weighted by molar-refractivity contribution is -0.122. The van der Waals surface area contributed by atoms with Gasteiger partial charge in [-0.1, -0.05) is 45.0 Å². The van der Waals surface area contributed by atoms with Crippen LogP contribution in [0.4, 0.5) is 11.4 Å². The lowest BCUT2D eigenvalue weighted by atomic mass is 9.87. The zero-order valence-electron chi connectivity index (χ0n) is 20.5. The second-order valence-corrected chi connectivity index (χ2v) is 11.2. The van der Waals surface area contributed by atoms with Crippen molar-refractivity contribution < 1.29 is 17.9 Å². The van der Waals surface area contributed by atoms with Gasteiger partial charge < -0.3 is 10.1 Å². The molecule has 0 fully saturated rings. The Bertz CT molecular complexity index is 1260. The van der Waals surface area contributed by atoms with Crippen LogP contribution < -0.4 is 14.8 Å². The van der Waals surface area contributed by atoms with Crippen LogP contribution >= 0.6 is 0 Å². The van der Waals surface area contributed by atoms with Gasteiger partial charge in [-0.15, -0.1) is 0 Å². The number of sulfonamides is 1. The Kier molecular flexibility index (Phi) is 7.36. The van der Waals surface area contributed by atoms with E-state index in [1.54, 1.807) is 25.1 Å². The minimum absolute atomic E-state index is 0.0373. The van der Waals surface area contributed by atoms with Crippen molar-refractivity contribution in [2.45, 2.75) is 58.0 Å². The van der Waals surface area contributed by atoms with Crippen LogP contribution in [0.15, 0.2) is 71.6 Å². The van der Waals surface area contributed by atoms with Crippen molar-refractivity contribution in [3.8, 4) is 5.75 Å². The molecule has 180 valence electrons. The van der Waals surface area contributed by atoms with Crippen LogP contribution in [0.5, 0.6) is 5.75 Å². The summed E-state index contributed by atoms with van der Waals surface area (Å²) in [5.74, 6) is 0.277. The average Bonchev–Trinajstić information content (AvgIpc) is 2.76. The van der Waals surface area contributed by atoms with Crippen LogP contribution in [-0.4, -0.2) is 20.4 Å². The van der Waals surface area contributed by atoms with Gasteiger partial charge in [-0.25, -0.2) is 8.42 Å². The first-order valence-corrected chi connectivity index (χ1v) is 12.6. The van der Waals surface area contributed by atoms with Crippen molar-refractivity contribution >= 4 is 27.3 Å². The fourth-order valence-corrected chi connectivity index (χ4v) is 4.42. The molecular formula is C27H32N2O4S. The van der Waals surface area contributed by atoms with E-state index in [1.807, 2.05) is 50.2 Å². The van der Waals surface area contributed by atoms with Gasteiger partial charge >= 0.3 is 0 Å². The van der Waals surface area contributed by atoms with Crippen molar-refractivity contribution in [2.75, 3.05) is 10.0 Å². The third-order valence-corrected chi connectivity index (χ3v) is 6.85. The standard InChI is InChI=1S/C27H32N2O4S/c1-18-7-8-19(2)25(17-18)29-34(31,32)24-15-11-22(12-16-24)28-26(30)20(3)33-23-13-9-21(10-14-23)27(4,5)6/h7-17,20,29H,1-6H3,(H,28,30). The molecule has 0 aliphatic heterocycles. The number of benzene rings is 3. The highest BCUT2D eigenvalue weighted by atomic mass is 32.2. The summed E-state index contributed by atoms with van der Waals surface area (Å²) in [5.41, 5.74) is 4.03. The summed E-state index contributed by atoms with van der Waals surface area (Å²) in [6, 6.07) is 19.3. The SMILES string of the molecule is Cc1ccc(C)c(NS(=O)(=O)c2ccc(NC(=O)C(C)Oc3ccc(C(C)(C)C)cc3)cc2)c1. The van der Waals surface area contributed by atoms with Crippen molar-refractivity contribution in [3.63, 3.8) is 0 Å². The normalized spacial score (nSPS) is 12.6. The van der Waals surface area contributed by atoms with Crippen LogP contribution in [-0.2, 0) is 20.2 Å². The molecule has 3 rings (SSSR count). The zero-order valence-corrected chi connectivity index (χ0v) is 21.3. The molecule has 34 heavy (non-hydrogen) atoms. The first-order valence-electron chi connectivity index (χ1n) is 11.1. The largest absolute Gasteiger partial charge is 0.481 e. The smallest absolute Gasteiger partial charge is 0.265 e. The molecule has 3 aromatic rings. The first kappa shape index (κ1) is 25.3. The number of rotatable bonds is 7. The van der Waals surface area contributed by atoms with Crippen LogP contribution in [0.2, 0.25) is 0 Å². The monoisotopic (exact) mass is 480 g/mol. The van der Waals surface area contributed by atoms with Crippen molar-refractivity contribution in [1.29, 1.82) is 0 Å². The number of carbonyl (C=O) groups excluding carboxylic acids is 1. The molecule has 0 heterocycles. The molecule has 2 N–H and O–H groups in total. The van der Waals surface area contributed by atoms with Gasteiger partial charge in [0.05, 0.1) is 10.6 Å². The molecule has 1 unspecified atom stereocenters. The maximum Gasteiger partial charge on any atom is 0.265 e. The third kappa shape index (κ3) is 6.38. The molecule has 0 aromatic heterocycles.